The first-order valence-electron chi connectivity index (χ1n) is 8.09. The van der Waals surface area contributed by atoms with E-state index >= 15 is 0 Å². The van der Waals surface area contributed by atoms with Crippen molar-refractivity contribution in [2.24, 2.45) is 11.8 Å². The average molecular weight is 299 g/mol. The molecule has 1 fully saturated rings. The van der Waals surface area contributed by atoms with Gasteiger partial charge >= 0.3 is 0 Å². The van der Waals surface area contributed by atoms with E-state index < -0.39 is 0 Å². The Morgan fingerprint density at radius 2 is 1.91 bits per heavy atom. The number of nitriles is 1. The monoisotopic (exact) mass is 299 g/mol. The number of nitrogens with zero attached hydrogens (tertiary/aromatic N) is 2. The number of carbonyl (C=O) groups is 1. The fourth-order valence-corrected chi connectivity index (χ4v) is 3.29. The standard InChI is InChI=1S/C18H25N3O/c1-14-10-15(2)13-21(12-14)9-3-4-18(22)20-17-7-5-16(11-19)6-8-17/h5-8,14-15H,3-4,9-10,12-13H2,1-2H3,(H,20,22). The molecule has 2 unspecified atom stereocenters. The Labute approximate surface area is 133 Å². The van der Waals surface area contributed by atoms with Crippen LogP contribution in [0, 0.1) is 23.2 Å². The fourth-order valence-electron chi connectivity index (χ4n) is 3.29. The second-order valence-electron chi connectivity index (χ2n) is 6.55. The first-order valence-corrected chi connectivity index (χ1v) is 8.09. The molecule has 0 bridgehead atoms. The molecule has 0 aliphatic carbocycles. The van der Waals surface area contributed by atoms with Gasteiger partial charge in [-0.05, 0) is 55.5 Å². The molecule has 0 saturated carbocycles. The number of likely N-dealkylation sites (tertiary alicyclic amines) is 1. The van der Waals surface area contributed by atoms with Gasteiger partial charge in [-0.3, -0.25) is 4.79 Å². The highest BCUT2D eigenvalue weighted by molar-refractivity contribution is 5.90. The van der Waals surface area contributed by atoms with Crippen LogP contribution in [0.2, 0.25) is 0 Å². The number of amides is 1. The normalized spacial score (nSPS) is 22.0. The van der Waals surface area contributed by atoms with Crippen LogP contribution in [0.3, 0.4) is 0 Å². The molecule has 1 aromatic rings. The lowest BCUT2D eigenvalue weighted by molar-refractivity contribution is -0.116. The van der Waals surface area contributed by atoms with Crippen LogP contribution in [-0.4, -0.2) is 30.4 Å². The van der Waals surface area contributed by atoms with E-state index in [1.54, 1.807) is 24.3 Å². The van der Waals surface area contributed by atoms with Crippen molar-refractivity contribution in [3.05, 3.63) is 29.8 Å². The fraction of sp³-hybridized carbons (Fsp3) is 0.556. The Morgan fingerprint density at radius 3 is 2.50 bits per heavy atom. The molecule has 4 nitrogen and oxygen atoms in total. The van der Waals surface area contributed by atoms with Crippen molar-refractivity contribution in [3.8, 4) is 6.07 Å². The highest BCUT2D eigenvalue weighted by atomic mass is 16.1. The van der Waals surface area contributed by atoms with Crippen LogP contribution in [0.1, 0.15) is 38.7 Å². The van der Waals surface area contributed by atoms with Crippen molar-refractivity contribution < 1.29 is 4.79 Å². The van der Waals surface area contributed by atoms with E-state index in [0.29, 0.717) is 12.0 Å². The minimum atomic E-state index is 0.0443. The van der Waals surface area contributed by atoms with E-state index in [1.807, 2.05) is 0 Å². The van der Waals surface area contributed by atoms with Crippen LogP contribution in [0.4, 0.5) is 5.69 Å². The Balaban J connectivity index is 1.70. The van der Waals surface area contributed by atoms with Crippen LogP contribution in [0.15, 0.2) is 24.3 Å². The van der Waals surface area contributed by atoms with Gasteiger partial charge in [0.1, 0.15) is 0 Å². The van der Waals surface area contributed by atoms with Gasteiger partial charge in [0.25, 0.3) is 0 Å². The Morgan fingerprint density at radius 1 is 1.27 bits per heavy atom. The zero-order chi connectivity index (χ0) is 15.9. The van der Waals surface area contributed by atoms with E-state index in [1.165, 1.54) is 6.42 Å². The molecule has 2 rings (SSSR count). The van der Waals surface area contributed by atoms with Gasteiger partial charge < -0.3 is 10.2 Å². The lowest BCUT2D eigenvalue weighted by atomic mass is 9.92. The van der Waals surface area contributed by atoms with Gasteiger partial charge in [-0.1, -0.05) is 13.8 Å². The Kier molecular flexibility index (Phi) is 5.97. The SMILES string of the molecule is CC1CC(C)CN(CCCC(=O)Nc2ccc(C#N)cc2)C1. The zero-order valence-corrected chi connectivity index (χ0v) is 13.5. The van der Waals surface area contributed by atoms with E-state index in [-0.39, 0.29) is 5.91 Å². The molecule has 2 atom stereocenters. The summed E-state index contributed by atoms with van der Waals surface area (Å²) in [5.41, 5.74) is 1.36. The molecule has 1 heterocycles. The van der Waals surface area contributed by atoms with Crippen LogP contribution in [0.25, 0.3) is 0 Å². The first kappa shape index (κ1) is 16.5. The predicted molar refractivity (Wildman–Crippen MR) is 88.4 cm³/mol. The number of rotatable bonds is 5. The number of piperidine rings is 1. The van der Waals surface area contributed by atoms with Crippen molar-refractivity contribution in [1.29, 1.82) is 5.26 Å². The molecule has 1 aromatic carbocycles. The average Bonchev–Trinajstić information content (AvgIpc) is 2.47. The molecule has 1 amide bonds. The summed E-state index contributed by atoms with van der Waals surface area (Å²) in [4.78, 5) is 14.4. The summed E-state index contributed by atoms with van der Waals surface area (Å²) in [5.74, 6) is 1.57. The van der Waals surface area contributed by atoms with E-state index in [2.05, 4.69) is 30.1 Å². The smallest absolute Gasteiger partial charge is 0.224 e. The highest BCUT2D eigenvalue weighted by Gasteiger charge is 2.21. The minimum Gasteiger partial charge on any atom is -0.326 e. The third kappa shape index (κ3) is 5.16. The number of hydrogen-bond donors (Lipinski definition) is 1. The van der Waals surface area contributed by atoms with E-state index in [0.717, 1.165) is 43.6 Å². The number of carbonyl (C=O) groups excluding carboxylic acids is 1. The van der Waals surface area contributed by atoms with Gasteiger partial charge in [0.2, 0.25) is 5.91 Å². The van der Waals surface area contributed by atoms with Gasteiger partial charge in [0, 0.05) is 25.2 Å². The Hall–Kier alpha value is -1.86. The summed E-state index contributed by atoms with van der Waals surface area (Å²) in [7, 11) is 0. The summed E-state index contributed by atoms with van der Waals surface area (Å²) in [6.07, 6.45) is 2.75. The van der Waals surface area contributed by atoms with Gasteiger partial charge in [-0.2, -0.15) is 5.26 Å². The lowest BCUT2D eigenvalue weighted by Gasteiger charge is -2.34. The topological polar surface area (TPSA) is 56.1 Å². The molecular formula is C18H25N3O. The van der Waals surface area contributed by atoms with Gasteiger partial charge in [0.15, 0.2) is 0 Å². The second-order valence-corrected chi connectivity index (χ2v) is 6.55. The molecule has 4 heteroatoms. The molecule has 1 N–H and O–H groups in total. The maximum absolute atomic E-state index is 11.9. The molecule has 1 aliphatic rings. The number of hydrogen-bond acceptors (Lipinski definition) is 3. The second kappa shape index (κ2) is 7.95. The van der Waals surface area contributed by atoms with Gasteiger partial charge in [0.05, 0.1) is 11.6 Å². The van der Waals surface area contributed by atoms with Crippen molar-refractivity contribution >= 4 is 11.6 Å². The zero-order valence-electron chi connectivity index (χ0n) is 13.5. The maximum atomic E-state index is 11.9. The molecule has 1 saturated heterocycles. The van der Waals surface area contributed by atoms with E-state index in [9.17, 15) is 4.79 Å². The Bertz CT molecular complexity index is 522. The summed E-state index contributed by atoms with van der Waals surface area (Å²) in [6, 6.07) is 9.03. The number of benzene rings is 1. The molecule has 0 radical (unpaired) electrons. The van der Waals surface area contributed by atoms with Crippen molar-refractivity contribution in [2.45, 2.75) is 33.1 Å². The number of anilines is 1. The highest BCUT2D eigenvalue weighted by Crippen LogP contribution is 2.21. The van der Waals surface area contributed by atoms with Gasteiger partial charge in [-0.25, -0.2) is 0 Å². The lowest BCUT2D eigenvalue weighted by Crippen LogP contribution is -2.39. The molecular weight excluding hydrogens is 274 g/mol. The van der Waals surface area contributed by atoms with Gasteiger partial charge in [-0.15, -0.1) is 0 Å². The summed E-state index contributed by atoms with van der Waals surface area (Å²) < 4.78 is 0. The van der Waals surface area contributed by atoms with Crippen molar-refractivity contribution in [3.63, 3.8) is 0 Å². The summed E-state index contributed by atoms with van der Waals surface area (Å²) >= 11 is 0. The number of nitrogens with one attached hydrogen (secondary N) is 1. The molecule has 1 aliphatic heterocycles. The van der Waals surface area contributed by atoms with Crippen molar-refractivity contribution in [2.75, 3.05) is 25.0 Å². The third-order valence-corrected chi connectivity index (χ3v) is 4.12. The molecule has 22 heavy (non-hydrogen) atoms. The minimum absolute atomic E-state index is 0.0443. The first-order chi connectivity index (χ1) is 10.6. The molecule has 0 spiro atoms. The molecule has 0 aromatic heterocycles. The van der Waals surface area contributed by atoms with E-state index in [4.69, 9.17) is 5.26 Å². The van der Waals surface area contributed by atoms with Crippen LogP contribution in [0.5, 0.6) is 0 Å². The third-order valence-electron chi connectivity index (χ3n) is 4.12. The maximum Gasteiger partial charge on any atom is 0.224 e. The largest absolute Gasteiger partial charge is 0.326 e. The van der Waals surface area contributed by atoms with Crippen LogP contribution < -0.4 is 5.32 Å². The summed E-state index contributed by atoms with van der Waals surface area (Å²) in [5, 5.41) is 11.6. The van der Waals surface area contributed by atoms with Crippen molar-refractivity contribution in [1.82, 2.24) is 4.90 Å². The van der Waals surface area contributed by atoms with Crippen LogP contribution in [-0.2, 0) is 4.79 Å². The summed E-state index contributed by atoms with van der Waals surface area (Å²) in [6.45, 7) is 7.92. The van der Waals surface area contributed by atoms with Crippen LogP contribution >= 0.6 is 0 Å². The quantitative estimate of drug-likeness (QED) is 0.908. The molecule has 118 valence electrons. The predicted octanol–water partition coefficient (Wildman–Crippen LogP) is 3.25.